The van der Waals surface area contributed by atoms with Crippen LogP contribution in [0.5, 0.6) is 0 Å². The highest BCUT2D eigenvalue weighted by Gasteiger charge is 2.05. The molecule has 0 bridgehead atoms. The Bertz CT molecular complexity index is 584. The van der Waals surface area contributed by atoms with Gasteiger partial charge in [-0.3, -0.25) is 4.79 Å². The van der Waals surface area contributed by atoms with Gasteiger partial charge < -0.3 is 9.73 Å². The molecule has 5 heteroatoms. The third-order valence-electron chi connectivity index (χ3n) is 2.33. The maximum absolute atomic E-state index is 12.7. The van der Waals surface area contributed by atoms with Gasteiger partial charge in [-0.15, -0.1) is 0 Å². The third kappa shape index (κ3) is 3.04. The zero-order valence-corrected chi connectivity index (χ0v) is 9.35. The molecule has 18 heavy (non-hydrogen) atoms. The Balaban J connectivity index is 1.98. The van der Waals surface area contributed by atoms with E-state index in [1.807, 2.05) is 0 Å². The maximum atomic E-state index is 12.7. The predicted molar refractivity (Wildman–Crippen MR) is 62.5 cm³/mol. The second kappa shape index (κ2) is 5.27. The Morgan fingerprint density at radius 1 is 1.17 bits per heavy atom. The molecule has 1 aromatic carbocycles. The van der Waals surface area contributed by atoms with Crippen molar-refractivity contribution in [2.45, 2.75) is 6.54 Å². The van der Waals surface area contributed by atoms with E-state index >= 15 is 0 Å². The first-order chi connectivity index (χ1) is 8.65. The summed E-state index contributed by atoms with van der Waals surface area (Å²) in [5, 5.41) is 2.63. The molecule has 0 saturated carbocycles. The second-order valence-corrected chi connectivity index (χ2v) is 3.65. The molecular weight excluding hydrogens is 237 g/mol. The Hall–Kier alpha value is -2.43. The highest BCUT2D eigenvalue weighted by molar-refractivity contribution is 5.93. The van der Waals surface area contributed by atoms with Crippen molar-refractivity contribution < 1.29 is 13.6 Å². The second-order valence-electron chi connectivity index (χ2n) is 3.65. The molecule has 0 saturated heterocycles. The lowest BCUT2D eigenvalue weighted by Crippen LogP contribution is -2.23. The van der Waals surface area contributed by atoms with Crippen LogP contribution >= 0.6 is 0 Å². The highest BCUT2D eigenvalue weighted by atomic mass is 19.1. The van der Waals surface area contributed by atoms with Gasteiger partial charge in [0.25, 0.3) is 5.91 Å². The van der Waals surface area contributed by atoms with E-state index in [4.69, 9.17) is 0 Å². The Morgan fingerprint density at radius 2 is 1.89 bits per heavy atom. The number of carbonyl (C=O) groups is 1. The molecular formula is C13H10FNO3. The molecule has 1 amide bonds. The van der Waals surface area contributed by atoms with Crippen LogP contribution in [-0.4, -0.2) is 5.91 Å². The summed E-state index contributed by atoms with van der Waals surface area (Å²) < 4.78 is 17.2. The average Bonchev–Trinajstić information content (AvgIpc) is 2.38. The van der Waals surface area contributed by atoms with Gasteiger partial charge in [-0.2, -0.15) is 0 Å². The molecule has 0 radical (unpaired) electrons. The minimum atomic E-state index is -0.509. The van der Waals surface area contributed by atoms with Gasteiger partial charge in [-0.1, -0.05) is 12.1 Å². The Morgan fingerprint density at radius 3 is 2.50 bits per heavy atom. The smallest absolute Gasteiger partial charge is 0.335 e. The molecule has 0 aliphatic heterocycles. The number of halogens is 1. The van der Waals surface area contributed by atoms with Crippen LogP contribution in [0.25, 0.3) is 0 Å². The number of benzene rings is 1. The maximum Gasteiger partial charge on any atom is 0.335 e. The van der Waals surface area contributed by atoms with Crippen LogP contribution in [0.2, 0.25) is 0 Å². The summed E-state index contributed by atoms with van der Waals surface area (Å²) in [6.07, 6.45) is 1.10. The van der Waals surface area contributed by atoms with Gasteiger partial charge in [-0.05, 0) is 23.8 Å². The monoisotopic (exact) mass is 247 g/mol. The summed E-state index contributed by atoms with van der Waals surface area (Å²) in [6, 6.07) is 8.37. The van der Waals surface area contributed by atoms with Crippen LogP contribution in [0.4, 0.5) is 4.39 Å². The first kappa shape index (κ1) is 12.0. The summed E-state index contributed by atoms with van der Waals surface area (Å²) in [5.41, 5.74) is 0.531. The number of hydrogen-bond donors (Lipinski definition) is 1. The van der Waals surface area contributed by atoms with Gasteiger partial charge >= 0.3 is 5.63 Å². The van der Waals surface area contributed by atoms with E-state index in [-0.39, 0.29) is 23.8 Å². The van der Waals surface area contributed by atoms with Crippen LogP contribution in [0.1, 0.15) is 15.9 Å². The summed E-state index contributed by atoms with van der Waals surface area (Å²) in [5.74, 6) is -0.682. The van der Waals surface area contributed by atoms with Crippen LogP contribution in [0.15, 0.2) is 51.9 Å². The molecule has 2 aromatic rings. The molecule has 1 N–H and O–H groups in total. The van der Waals surface area contributed by atoms with Gasteiger partial charge in [0.15, 0.2) is 0 Å². The van der Waals surface area contributed by atoms with Crippen LogP contribution in [0, 0.1) is 5.82 Å². The molecule has 0 aliphatic rings. The fourth-order valence-corrected chi connectivity index (χ4v) is 1.37. The lowest BCUT2D eigenvalue weighted by atomic mass is 10.2. The quantitative estimate of drug-likeness (QED) is 0.898. The van der Waals surface area contributed by atoms with Crippen LogP contribution in [-0.2, 0) is 6.54 Å². The predicted octanol–water partition coefficient (Wildman–Crippen LogP) is 1.71. The number of carbonyl (C=O) groups excluding carboxylic acids is 1. The minimum absolute atomic E-state index is 0.261. The minimum Gasteiger partial charge on any atom is -0.430 e. The van der Waals surface area contributed by atoms with E-state index < -0.39 is 5.63 Å². The zero-order valence-electron chi connectivity index (χ0n) is 9.35. The molecule has 92 valence electrons. The lowest BCUT2D eigenvalue weighted by molar-refractivity contribution is 0.0948. The van der Waals surface area contributed by atoms with Gasteiger partial charge in [0, 0.05) is 12.6 Å². The summed E-state index contributed by atoms with van der Waals surface area (Å²) in [7, 11) is 0. The van der Waals surface area contributed by atoms with E-state index in [0.29, 0.717) is 0 Å². The largest absolute Gasteiger partial charge is 0.430 e. The highest BCUT2D eigenvalue weighted by Crippen LogP contribution is 2.03. The SMILES string of the molecule is O=C(NCc1ccc(F)cc1)c1ccc(=O)oc1. The first-order valence-corrected chi connectivity index (χ1v) is 5.26. The van der Waals surface area contributed by atoms with Crippen molar-refractivity contribution in [3.05, 3.63) is 70.0 Å². The molecule has 0 aliphatic carbocycles. The van der Waals surface area contributed by atoms with Crippen molar-refractivity contribution >= 4 is 5.91 Å². The molecule has 4 nitrogen and oxygen atoms in total. The van der Waals surface area contributed by atoms with Gasteiger partial charge in [0.2, 0.25) is 0 Å². The lowest BCUT2D eigenvalue weighted by Gasteiger charge is -2.04. The van der Waals surface area contributed by atoms with E-state index in [2.05, 4.69) is 9.73 Å². The number of rotatable bonds is 3. The zero-order chi connectivity index (χ0) is 13.0. The number of hydrogen-bond acceptors (Lipinski definition) is 3. The topological polar surface area (TPSA) is 59.3 Å². The molecule has 0 fully saturated rings. The third-order valence-corrected chi connectivity index (χ3v) is 2.33. The molecule has 0 spiro atoms. The van der Waals surface area contributed by atoms with Crippen LogP contribution in [0.3, 0.4) is 0 Å². The number of amides is 1. The van der Waals surface area contributed by atoms with E-state index in [0.717, 1.165) is 11.8 Å². The van der Waals surface area contributed by atoms with Crippen molar-refractivity contribution in [3.8, 4) is 0 Å². The van der Waals surface area contributed by atoms with Crippen molar-refractivity contribution in [2.75, 3.05) is 0 Å². The molecule has 0 atom stereocenters. The Labute approximate surface area is 102 Å². The van der Waals surface area contributed by atoms with Gasteiger partial charge in [0.1, 0.15) is 12.1 Å². The van der Waals surface area contributed by atoms with E-state index in [9.17, 15) is 14.0 Å². The average molecular weight is 247 g/mol. The van der Waals surface area contributed by atoms with Crippen LogP contribution < -0.4 is 10.9 Å². The molecule has 1 heterocycles. The van der Waals surface area contributed by atoms with Crippen molar-refractivity contribution in [1.82, 2.24) is 5.32 Å². The summed E-state index contributed by atoms with van der Waals surface area (Å²) >= 11 is 0. The van der Waals surface area contributed by atoms with Gasteiger partial charge in [0.05, 0.1) is 5.56 Å². The fraction of sp³-hybridized carbons (Fsp3) is 0.0769. The van der Waals surface area contributed by atoms with Gasteiger partial charge in [-0.25, -0.2) is 9.18 Å². The normalized spacial score (nSPS) is 10.1. The molecule has 2 rings (SSSR count). The fourth-order valence-electron chi connectivity index (χ4n) is 1.37. The van der Waals surface area contributed by atoms with E-state index in [1.165, 1.54) is 24.3 Å². The number of nitrogens with one attached hydrogen (secondary N) is 1. The van der Waals surface area contributed by atoms with Crippen molar-refractivity contribution in [1.29, 1.82) is 0 Å². The summed E-state index contributed by atoms with van der Waals surface area (Å²) in [4.78, 5) is 22.4. The van der Waals surface area contributed by atoms with Crippen molar-refractivity contribution in [3.63, 3.8) is 0 Å². The molecule has 1 aromatic heterocycles. The van der Waals surface area contributed by atoms with Crippen molar-refractivity contribution in [2.24, 2.45) is 0 Å². The Kier molecular flexibility index (Phi) is 3.52. The summed E-state index contributed by atoms with van der Waals surface area (Å²) in [6.45, 7) is 0.276. The molecule has 0 unspecified atom stereocenters. The standard InChI is InChI=1S/C13H10FNO3/c14-11-4-1-9(2-5-11)7-15-13(17)10-3-6-12(16)18-8-10/h1-6,8H,7H2,(H,15,17). The first-order valence-electron chi connectivity index (χ1n) is 5.26. The van der Waals surface area contributed by atoms with E-state index in [1.54, 1.807) is 12.1 Å².